The number of benzene rings is 1. The van der Waals surface area contributed by atoms with Gasteiger partial charge in [-0.25, -0.2) is 0 Å². The molecule has 16 heavy (non-hydrogen) atoms. The molecule has 0 radical (unpaired) electrons. The third-order valence-corrected chi connectivity index (χ3v) is 3.40. The highest BCUT2D eigenvalue weighted by molar-refractivity contribution is 6.00. The lowest BCUT2D eigenvalue weighted by Crippen LogP contribution is -2.35. The van der Waals surface area contributed by atoms with Crippen LogP contribution in [0.4, 0.5) is 0 Å². The summed E-state index contributed by atoms with van der Waals surface area (Å²) in [6.07, 6.45) is 1.77. The van der Waals surface area contributed by atoms with Gasteiger partial charge in [-0.05, 0) is 18.4 Å². The van der Waals surface area contributed by atoms with Crippen molar-refractivity contribution in [3.05, 3.63) is 35.4 Å². The predicted octanol–water partition coefficient (Wildman–Crippen LogP) is 2.81. The molecule has 88 valence electrons. The lowest BCUT2D eigenvalue weighted by atomic mass is 9.80. The topological polar surface area (TPSA) is 43.1 Å². The van der Waals surface area contributed by atoms with E-state index in [2.05, 4.69) is 6.92 Å². The monoisotopic (exact) mass is 219 g/mol. The first-order valence-corrected chi connectivity index (χ1v) is 5.91. The fraction of sp³-hybridized carbons (Fsp3) is 0.500. The minimum absolute atomic E-state index is 0.153. The van der Waals surface area contributed by atoms with E-state index in [0.717, 1.165) is 18.4 Å². The largest absolute Gasteiger partial charge is 0.329 e. The Bertz CT molecular complexity index is 350. The molecule has 0 heterocycles. The highest BCUT2D eigenvalue weighted by Crippen LogP contribution is 2.25. The molecule has 2 nitrogen and oxygen atoms in total. The quantitative estimate of drug-likeness (QED) is 0.774. The minimum atomic E-state index is -0.423. The molecule has 1 unspecified atom stereocenters. The average molecular weight is 219 g/mol. The van der Waals surface area contributed by atoms with E-state index in [1.54, 1.807) is 0 Å². The van der Waals surface area contributed by atoms with E-state index in [0.29, 0.717) is 6.54 Å². The standard InChI is InChI=1S/C14H21NO/c1-4-11-6-8-12(9-7-11)13(16)14(3,5-2)10-15/h6-9H,4-5,10,15H2,1-3H3. The predicted molar refractivity (Wildman–Crippen MR) is 67.6 cm³/mol. The number of nitrogens with two attached hydrogens (primary N) is 1. The van der Waals surface area contributed by atoms with Crippen molar-refractivity contribution < 1.29 is 4.79 Å². The molecule has 0 aliphatic rings. The van der Waals surface area contributed by atoms with Gasteiger partial charge in [0.1, 0.15) is 0 Å². The SMILES string of the molecule is CCc1ccc(C(=O)C(C)(CC)CN)cc1. The normalized spacial score (nSPS) is 14.5. The summed E-state index contributed by atoms with van der Waals surface area (Å²) in [6, 6.07) is 7.84. The number of hydrogen-bond acceptors (Lipinski definition) is 2. The van der Waals surface area contributed by atoms with Crippen LogP contribution in [0.3, 0.4) is 0 Å². The minimum Gasteiger partial charge on any atom is -0.329 e. The first-order chi connectivity index (χ1) is 7.57. The Morgan fingerprint density at radius 1 is 1.25 bits per heavy atom. The van der Waals surface area contributed by atoms with Crippen molar-refractivity contribution in [3.63, 3.8) is 0 Å². The maximum Gasteiger partial charge on any atom is 0.169 e. The van der Waals surface area contributed by atoms with Gasteiger partial charge in [0, 0.05) is 17.5 Å². The van der Waals surface area contributed by atoms with E-state index in [4.69, 9.17) is 5.73 Å². The molecule has 0 saturated heterocycles. The van der Waals surface area contributed by atoms with Gasteiger partial charge >= 0.3 is 0 Å². The van der Waals surface area contributed by atoms with E-state index in [-0.39, 0.29) is 5.78 Å². The smallest absolute Gasteiger partial charge is 0.169 e. The van der Waals surface area contributed by atoms with Crippen molar-refractivity contribution in [3.8, 4) is 0 Å². The van der Waals surface area contributed by atoms with Crippen LogP contribution in [0.1, 0.15) is 43.1 Å². The summed E-state index contributed by atoms with van der Waals surface area (Å²) in [7, 11) is 0. The zero-order chi connectivity index (χ0) is 12.2. The molecule has 1 aromatic carbocycles. The number of carbonyl (C=O) groups excluding carboxylic acids is 1. The van der Waals surface area contributed by atoms with Gasteiger partial charge < -0.3 is 5.73 Å². The maximum absolute atomic E-state index is 12.2. The van der Waals surface area contributed by atoms with Gasteiger partial charge in [-0.2, -0.15) is 0 Å². The third-order valence-electron chi connectivity index (χ3n) is 3.40. The number of aryl methyl sites for hydroxylation is 1. The lowest BCUT2D eigenvalue weighted by molar-refractivity contribution is 0.0820. The van der Waals surface area contributed by atoms with Crippen molar-refractivity contribution in [2.24, 2.45) is 11.1 Å². The molecule has 1 rings (SSSR count). The molecular formula is C14H21NO. The highest BCUT2D eigenvalue weighted by Gasteiger charge is 2.30. The van der Waals surface area contributed by atoms with Gasteiger partial charge in [-0.15, -0.1) is 0 Å². The molecule has 0 fully saturated rings. The highest BCUT2D eigenvalue weighted by atomic mass is 16.1. The second kappa shape index (κ2) is 5.26. The first kappa shape index (κ1) is 12.9. The molecule has 0 aliphatic carbocycles. The average Bonchev–Trinajstić information content (AvgIpc) is 2.37. The van der Waals surface area contributed by atoms with E-state index in [1.807, 2.05) is 38.1 Å². The van der Waals surface area contributed by atoms with Gasteiger partial charge in [-0.1, -0.05) is 45.0 Å². The van der Waals surface area contributed by atoms with Crippen LogP contribution in [0.25, 0.3) is 0 Å². The van der Waals surface area contributed by atoms with Crippen molar-refractivity contribution in [2.75, 3.05) is 6.54 Å². The number of Topliss-reactive ketones (excluding diaryl/α,β-unsaturated/α-hetero) is 1. The van der Waals surface area contributed by atoms with Crippen molar-refractivity contribution in [1.29, 1.82) is 0 Å². The summed E-state index contributed by atoms with van der Waals surface area (Å²) in [5, 5.41) is 0. The Kier molecular flexibility index (Phi) is 4.25. The molecule has 0 bridgehead atoms. The summed E-state index contributed by atoms with van der Waals surface area (Å²) < 4.78 is 0. The summed E-state index contributed by atoms with van der Waals surface area (Å²) in [4.78, 5) is 12.2. The van der Waals surface area contributed by atoms with E-state index < -0.39 is 5.41 Å². The fourth-order valence-corrected chi connectivity index (χ4v) is 1.64. The molecule has 1 atom stereocenters. The first-order valence-electron chi connectivity index (χ1n) is 5.91. The summed E-state index contributed by atoms with van der Waals surface area (Å²) in [5.74, 6) is 0.153. The van der Waals surface area contributed by atoms with Crippen LogP contribution in [0.2, 0.25) is 0 Å². The van der Waals surface area contributed by atoms with Gasteiger partial charge in [0.05, 0.1) is 0 Å². The van der Waals surface area contributed by atoms with Crippen molar-refractivity contribution in [2.45, 2.75) is 33.6 Å². The van der Waals surface area contributed by atoms with Crippen LogP contribution >= 0.6 is 0 Å². The molecule has 0 amide bonds. The van der Waals surface area contributed by atoms with Gasteiger partial charge in [0.25, 0.3) is 0 Å². The Morgan fingerprint density at radius 3 is 2.19 bits per heavy atom. The Labute approximate surface area is 97.9 Å². The third kappa shape index (κ3) is 2.50. The molecule has 0 aliphatic heterocycles. The van der Waals surface area contributed by atoms with Crippen molar-refractivity contribution >= 4 is 5.78 Å². The van der Waals surface area contributed by atoms with Gasteiger partial charge in [0.2, 0.25) is 0 Å². The number of carbonyl (C=O) groups is 1. The number of ketones is 1. The van der Waals surface area contributed by atoms with Crippen molar-refractivity contribution in [1.82, 2.24) is 0 Å². The fourth-order valence-electron chi connectivity index (χ4n) is 1.64. The Hall–Kier alpha value is -1.15. The van der Waals surface area contributed by atoms with Gasteiger partial charge in [0.15, 0.2) is 5.78 Å². The molecule has 0 spiro atoms. The number of rotatable bonds is 5. The Balaban J connectivity index is 2.95. The molecule has 0 aromatic heterocycles. The summed E-state index contributed by atoms with van der Waals surface area (Å²) in [5.41, 5.74) is 7.29. The lowest BCUT2D eigenvalue weighted by Gasteiger charge is -2.24. The Morgan fingerprint density at radius 2 is 1.81 bits per heavy atom. The second-order valence-electron chi connectivity index (χ2n) is 4.50. The van der Waals surface area contributed by atoms with Crippen LogP contribution in [0.15, 0.2) is 24.3 Å². The molecular weight excluding hydrogens is 198 g/mol. The molecule has 1 aromatic rings. The van der Waals surface area contributed by atoms with Gasteiger partial charge in [-0.3, -0.25) is 4.79 Å². The van der Waals surface area contributed by atoms with Crippen LogP contribution in [0.5, 0.6) is 0 Å². The van der Waals surface area contributed by atoms with Crippen LogP contribution in [-0.2, 0) is 6.42 Å². The van der Waals surface area contributed by atoms with E-state index in [1.165, 1.54) is 5.56 Å². The summed E-state index contributed by atoms with van der Waals surface area (Å²) >= 11 is 0. The van der Waals surface area contributed by atoms with Crippen LogP contribution in [0, 0.1) is 5.41 Å². The molecule has 2 N–H and O–H groups in total. The second-order valence-corrected chi connectivity index (χ2v) is 4.50. The molecule has 2 heteroatoms. The van der Waals surface area contributed by atoms with Crippen LogP contribution < -0.4 is 5.73 Å². The number of hydrogen-bond donors (Lipinski definition) is 1. The maximum atomic E-state index is 12.2. The zero-order valence-electron chi connectivity index (χ0n) is 10.4. The van der Waals surface area contributed by atoms with E-state index in [9.17, 15) is 4.79 Å². The van der Waals surface area contributed by atoms with E-state index >= 15 is 0 Å². The van der Waals surface area contributed by atoms with Crippen LogP contribution in [-0.4, -0.2) is 12.3 Å². The molecule has 0 saturated carbocycles. The summed E-state index contributed by atoms with van der Waals surface area (Å²) in [6.45, 7) is 6.44. The zero-order valence-corrected chi connectivity index (χ0v) is 10.4.